The van der Waals surface area contributed by atoms with Crippen molar-refractivity contribution in [3.8, 4) is 0 Å². The third-order valence-electron chi connectivity index (χ3n) is 6.78. The molecule has 38 heavy (non-hydrogen) atoms. The number of nitrogens with zero attached hydrogens (tertiary/aromatic N) is 1. The Morgan fingerprint density at radius 1 is 0.500 bits per heavy atom. The van der Waals surface area contributed by atoms with Crippen LogP contribution in [0, 0.1) is 0 Å². The number of rotatable bonds is 11. The summed E-state index contributed by atoms with van der Waals surface area (Å²) in [5, 5.41) is 5.84. The zero-order valence-corrected chi connectivity index (χ0v) is 23.8. The van der Waals surface area contributed by atoms with Gasteiger partial charge in [-0.05, 0) is 55.8 Å². The fourth-order valence-corrected chi connectivity index (χ4v) is 11.1. The molecule has 0 N–H and O–H groups in total. The minimum absolute atomic E-state index is 0.495. The molecule has 0 heterocycles. The van der Waals surface area contributed by atoms with Gasteiger partial charge >= 0.3 is 0 Å². The molecule has 0 aliphatic heterocycles. The van der Waals surface area contributed by atoms with Crippen molar-refractivity contribution in [3.05, 3.63) is 157 Å². The van der Waals surface area contributed by atoms with E-state index in [9.17, 15) is 0 Å². The Hall–Kier alpha value is -3.08. The van der Waals surface area contributed by atoms with Crippen molar-refractivity contribution in [2.24, 2.45) is 0 Å². The largest absolute Gasteiger partial charge is 0.301 e. The Morgan fingerprint density at radius 3 is 1.29 bits per heavy atom. The SMILES string of the molecule is CN(Cc1ccccc1)C[C@H](CP(c1ccccc1)c1ccccc1)P(c1ccccc1)c1ccccc1. The molecule has 0 aliphatic rings. The van der Waals surface area contributed by atoms with Crippen molar-refractivity contribution in [1.29, 1.82) is 0 Å². The van der Waals surface area contributed by atoms with E-state index in [1.807, 2.05) is 0 Å². The molecule has 5 rings (SSSR count). The van der Waals surface area contributed by atoms with Crippen LogP contribution in [0.3, 0.4) is 0 Å². The van der Waals surface area contributed by atoms with Crippen LogP contribution in [0.2, 0.25) is 0 Å². The molecule has 3 heteroatoms. The van der Waals surface area contributed by atoms with Gasteiger partial charge in [0.1, 0.15) is 0 Å². The summed E-state index contributed by atoms with van der Waals surface area (Å²) >= 11 is 0. The Morgan fingerprint density at radius 2 is 0.868 bits per heavy atom. The van der Waals surface area contributed by atoms with Gasteiger partial charge in [-0.1, -0.05) is 152 Å². The summed E-state index contributed by atoms with van der Waals surface area (Å²) in [6.45, 7) is 2.00. The molecule has 0 aromatic heterocycles. The summed E-state index contributed by atoms with van der Waals surface area (Å²) < 4.78 is 0. The van der Waals surface area contributed by atoms with Gasteiger partial charge in [-0.3, -0.25) is 0 Å². The average Bonchev–Trinajstić information content (AvgIpc) is 2.98. The quantitative estimate of drug-likeness (QED) is 0.170. The second-order valence-electron chi connectivity index (χ2n) is 9.66. The third kappa shape index (κ3) is 7.06. The molecule has 0 radical (unpaired) electrons. The summed E-state index contributed by atoms with van der Waals surface area (Å²) in [5.74, 6) is 0. The lowest BCUT2D eigenvalue weighted by molar-refractivity contribution is 0.331. The second kappa shape index (κ2) is 13.6. The minimum Gasteiger partial charge on any atom is -0.301 e. The Bertz CT molecular complexity index is 1270. The Labute approximate surface area is 230 Å². The van der Waals surface area contributed by atoms with E-state index in [0.29, 0.717) is 5.66 Å². The van der Waals surface area contributed by atoms with Crippen molar-refractivity contribution < 1.29 is 0 Å². The summed E-state index contributed by atoms with van der Waals surface area (Å²) in [4.78, 5) is 2.53. The predicted molar refractivity (Wildman–Crippen MR) is 170 cm³/mol. The number of hydrogen-bond donors (Lipinski definition) is 0. The Balaban J connectivity index is 1.55. The van der Waals surface area contributed by atoms with Crippen LogP contribution in [0.15, 0.2) is 152 Å². The summed E-state index contributed by atoms with van der Waals surface area (Å²) in [6.07, 6.45) is 1.15. The van der Waals surface area contributed by atoms with Gasteiger partial charge in [0.15, 0.2) is 0 Å². The molecule has 1 nitrogen and oxygen atoms in total. The Kier molecular flexibility index (Phi) is 9.52. The lowest BCUT2D eigenvalue weighted by atomic mass is 10.2. The molecular formula is C35H35NP2. The molecule has 0 amide bonds. The van der Waals surface area contributed by atoms with E-state index in [4.69, 9.17) is 0 Å². The summed E-state index contributed by atoms with van der Waals surface area (Å²) in [6, 6.07) is 55.7. The van der Waals surface area contributed by atoms with Crippen LogP contribution in [-0.2, 0) is 6.54 Å². The maximum Gasteiger partial charge on any atom is 0.0230 e. The highest BCUT2D eigenvalue weighted by Gasteiger charge is 2.29. The predicted octanol–water partition coefficient (Wildman–Crippen LogP) is 6.75. The molecule has 0 saturated heterocycles. The van der Waals surface area contributed by atoms with E-state index < -0.39 is 15.8 Å². The third-order valence-corrected chi connectivity index (χ3v) is 12.5. The van der Waals surface area contributed by atoms with Crippen LogP contribution in [0.25, 0.3) is 0 Å². The normalized spacial score (nSPS) is 12.2. The van der Waals surface area contributed by atoms with Crippen LogP contribution in [-0.4, -0.2) is 30.3 Å². The number of benzene rings is 5. The highest BCUT2D eigenvalue weighted by atomic mass is 31.1. The van der Waals surface area contributed by atoms with E-state index >= 15 is 0 Å². The molecule has 0 bridgehead atoms. The maximum atomic E-state index is 2.53. The van der Waals surface area contributed by atoms with Crippen molar-refractivity contribution in [1.82, 2.24) is 4.90 Å². The smallest absolute Gasteiger partial charge is 0.0230 e. The first-order valence-corrected chi connectivity index (χ1v) is 16.2. The molecule has 1 atom stereocenters. The summed E-state index contributed by atoms with van der Waals surface area (Å²) in [5.41, 5.74) is 1.86. The van der Waals surface area contributed by atoms with Gasteiger partial charge in [0, 0.05) is 18.7 Å². The topological polar surface area (TPSA) is 3.24 Å². The zero-order valence-electron chi connectivity index (χ0n) is 22.0. The molecular weight excluding hydrogens is 496 g/mol. The molecule has 5 aromatic rings. The van der Waals surface area contributed by atoms with Crippen LogP contribution in [0.1, 0.15) is 5.56 Å². The average molecular weight is 532 g/mol. The van der Waals surface area contributed by atoms with E-state index in [1.54, 1.807) is 0 Å². The van der Waals surface area contributed by atoms with Gasteiger partial charge in [0.05, 0.1) is 0 Å². The van der Waals surface area contributed by atoms with Crippen LogP contribution in [0.5, 0.6) is 0 Å². The van der Waals surface area contributed by atoms with Gasteiger partial charge in [-0.15, -0.1) is 0 Å². The lowest BCUT2D eigenvalue weighted by Gasteiger charge is -2.35. The highest BCUT2D eigenvalue weighted by molar-refractivity contribution is 7.77. The molecule has 0 saturated carbocycles. The first-order chi connectivity index (χ1) is 18.8. The van der Waals surface area contributed by atoms with Crippen LogP contribution < -0.4 is 21.2 Å². The molecule has 0 spiro atoms. The van der Waals surface area contributed by atoms with Gasteiger partial charge < -0.3 is 4.90 Å². The summed E-state index contributed by atoms with van der Waals surface area (Å²) in [7, 11) is 1.22. The van der Waals surface area contributed by atoms with Gasteiger partial charge in [-0.2, -0.15) is 0 Å². The lowest BCUT2D eigenvalue weighted by Crippen LogP contribution is -2.36. The number of hydrogen-bond acceptors (Lipinski definition) is 1. The van der Waals surface area contributed by atoms with E-state index in [-0.39, 0.29) is 0 Å². The van der Waals surface area contributed by atoms with Crippen molar-refractivity contribution in [3.63, 3.8) is 0 Å². The minimum atomic E-state index is -0.560. The van der Waals surface area contributed by atoms with Crippen LogP contribution >= 0.6 is 15.8 Å². The van der Waals surface area contributed by atoms with Gasteiger partial charge in [0.25, 0.3) is 0 Å². The van der Waals surface area contributed by atoms with Crippen LogP contribution in [0.4, 0.5) is 0 Å². The van der Waals surface area contributed by atoms with E-state index in [0.717, 1.165) is 19.3 Å². The second-order valence-corrected chi connectivity index (χ2v) is 14.4. The van der Waals surface area contributed by atoms with E-state index in [1.165, 1.54) is 26.8 Å². The van der Waals surface area contributed by atoms with Crippen molar-refractivity contribution in [2.75, 3.05) is 19.8 Å². The monoisotopic (exact) mass is 531 g/mol. The van der Waals surface area contributed by atoms with E-state index in [2.05, 4.69) is 164 Å². The molecule has 0 unspecified atom stereocenters. The molecule has 5 aromatic carbocycles. The first-order valence-electron chi connectivity index (χ1n) is 13.3. The van der Waals surface area contributed by atoms with Gasteiger partial charge in [-0.25, -0.2) is 0 Å². The highest BCUT2D eigenvalue weighted by Crippen LogP contribution is 2.46. The maximum absolute atomic E-state index is 2.53. The zero-order chi connectivity index (χ0) is 26.0. The van der Waals surface area contributed by atoms with Crippen molar-refractivity contribution in [2.45, 2.75) is 12.2 Å². The fourth-order valence-electron chi connectivity index (χ4n) is 5.07. The molecule has 190 valence electrons. The molecule has 0 aliphatic carbocycles. The fraction of sp³-hybridized carbons (Fsp3) is 0.143. The van der Waals surface area contributed by atoms with Crippen molar-refractivity contribution >= 4 is 37.1 Å². The first kappa shape index (κ1) is 26.5. The standard InChI is InChI=1S/C35H35NP2/c1-36(27-30-17-7-2-8-18-30)28-35(38(33-23-13-5-14-24-33)34-25-15-6-16-26-34)29-37(31-19-9-3-10-20-31)32-21-11-4-12-22-32/h2-26,35H,27-29H2,1H3/t35-/m1/s1. The molecule has 0 fully saturated rings. The van der Waals surface area contributed by atoms with Gasteiger partial charge in [0.2, 0.25) is 0 Å².